The summed E-state index contributed by atoms with van der Waals surface area (Å²) < 4.78 is 1.54. The fourth-order valence-electron chi connectivity index (χ4n) is 2.07. The SMILES string of the molecule is Cc1cc(C(=O)Nc2cc(-c3ccncc3)[nH]n2)n(C)n1. The van der Waals surface area contributed by atoms with E-state index in [1.165, 1.54) is 0 Å². The lowest BCUT2D eigenvalue weighted by molar-refractivity contribution is 0.101. The van der Waals surface area contributed by atoms with E-state index in [4.69, 9.17) is 0 Å². The van der Waals surface area contributed by atoms with Gasteiger partial charge in [0.1, 0.15) is 5.69 Å². The minimum Gasteiger partial charge on any atom is -0.304 e. The molecule has 0 unspecified atom stereocenters. The summed E-state index contributed by atoms with van der Waals surface area (Å²) in [6.45, 7) is 1.84. The number of carbonyl (C=O) groups is 1. The van der Waals surface area contributed by atoms with Crippen LogP contribution >= 0.6 is 0 Å². The van der Waals surface area contributed by atoms with Crippen LogP contribution in [0.15, 0.2) is 36.7 Å². The maximum absolute atomic E-state index is 12.2. The van der Waals surface area contributed by atoms with Crippen LogP contribution in [0.25, 0.3) is 11.3 Å². The van der Waals surface area contributed by atoms with Crippen LogP contribution in [0.4, 0.5) is 5.82 Å². The van der Waals surface area contributed by atoms with Gasteiger partial charge in [0.15, 0.2) is 5.82 Å². The van der Waals surface area contributed by atoms with E-state index in [2.05, 4.69) is 25.6 Å². The van der Waals surface area contributed by atoms with E-state index in [9.17, 15) is 4.79 Å². The molecular weight excluding hydrogens is 268 g/mol. The Morgan fingerprint density at radius 3 is 2.71 bits per heavy atom. The summed E-state index contributed by atoms with van der Waals surface area (Å²) in [5.74, 6) is 0.219. The molecule has 0 aliphatic heterocycles. The van der Waals surface area contributed by atoms with Crippen molar-refractivity contribution in [2.45, 2.75) is 6.92 Å². The van der Waals surface area contributed by atoms with Crippen molar-refractivity contribution in [1.82, 2.24) is 25.0 Å². The molecule has 3 aromatic heterocycles. The van der Waals surface area contributed by atoms with Gasteiger partial charge in [0, 0.05) is 31.1 Å². The van der Waals surface area contributed by atoms with Crippen LogP contribution in [0.1, 0.15) is 16.2 Å². The van der Waals surface area contributed by atoms with E-state index in [-0.39, 0.29) is 5.91 Å². The van der Waals surface area contributed by atoms with Crippen molar-refractivity contribution in [1.29, 1.82) is 0 Å². The summed E-state index contributed by atoms with van der Waals surface area (Å²) in [5.41, 5.74) is 3.05. The molecule has 1 amide bonds. The molecule has 3 rings (SSSR count). The number of hydrogen-bond donors (Lipinski definition) is 2. The van der Waals surface area contributed by atoms with Gasteiger partial charge in [-0.1, -0.05) is 0 Å². The first kappa shape index (κ1) is 13.0. The number of anilines is 1. The molecule has 0 aromatic carbocycles. The Balaban J connectivity index is 1.79. The summed E-state index contributed by atoms with van der Waals surface area (Å²) >= 11 is 0. The predicted molar refractivity (Wildman–Crippen MR) is 77.7 cm³/mol. The highest BCUT2D eigenvalue weighted by Gasteiger charge is 2.13. The number of carbonyl (C=O) groups excluding carboxylic acids is 1. The minimum atomic E-state index is -0.245. The fraction of sp³-hybridized carbons (Fsp3) is 0.143. The highest BCUT2D eigenvalue weighted by molar-refractivity contribution is 6.02. The Hall–Kier alpha value is -2.96. The van der Waals surface area contributed by atoms with Crippen molar-refractivity contribution in [3.8, 4) is 11.3 Å². The molecule has 7 heteroatoms. The Morgan fingerprint density at radius 2 is 2.05 bits per heavy atom. The molecule has 0 radical (unpaired) electrons. The number of nitrogens with zero attached hydrogens (tertiary/aromatic N) is 4. The smallest absolute Gasteiger partial charge is 0.275 e. The second kappa shape index (κ2) is 5.20. The average molecular weight is 282 g/mol. The zero-order valence-corrected chi connectivity index (χ0v) is 11.7. The van der Waals surface area contributed by atoms with Crippen LogP contribution in [0.2, 0.25) is 0 Å². The molecule has 106 valence electrons. The van der Waals surface area contributed by atoms with Crippen LogP contribution < -0.4 is 5.32 Å². The topological polar surface area (TPSA) is 88.5 Å². The van der Waals surface area contributed by atoms with Gasteiger partial charge in [0.2, 0.25) is 0 Å². The van der Waals surface area contributed by atoms with Gasteiger partial charge in [-0.3, -0.25) is 19.6 Å². The summed E-state index contributed by atoms with van der Waals surface area (Å²) in [6.07, 6.45) is 3.40. The third kappa shape index (κ3) is 2.66. The number of hydrogen-bond acceptors (Lipinski definition) is 4. The van der Waals surface area contributed by atoms with Gasteiger partial charge >= 0.3 is 0 Å². The van der Waals surface area contributed by atoms with E-state index in [0.29, 0.717) is 11.5 Å². The molecule has 21 heavy (non-hydrogen) atoms. The van der Waals surface area contributed by atoms with Crippen LogP contribution in [0.5, 0.6) is 0 Å². The zero-order valence-electron chi connectivity index (χ0n) is 11.7. The molecular formula is C14H14N6O. The van der Waals surface area contributed by atoms with Gasteiger partial charge in [-0.2, -0.15) is 10.2 Å². The molecule has 0 saturated carbocycles. The number of aromatic nitrogens is 5. The van der Waals surface area contributed by atoms with Crippen molar-refractivity contribution < 1.29 is 4.79 Å². The summed E-state index contributed by atoms with van der Waals surface area (Å²) in [4.78, 5) is 16.1. The number of H-pyrrole nitrogens is 1. The quantitative estimate of drug-likeness (QED) is 0.766. The Labute approximate surface area is 121 Å². The van der Waals surface area contributed by atoms with Crippen molar-refractivity contribution in [2.24, 2.45) is 7.05 Å². The molecule has 7 nitrogen and oxygen atoms in total. The average Bonchev–Trinajstić information content (AvgIpc) is 3.06. The third-order valence-corrected chi connectivity index (χ3v) is 3.05. The van der Waals surface area contributed by atoms with Crippen LogP contribution in [-0.2, 0) is 7.05 Å². The first-order valence-electron chi connectivity index (χ1n) is 6.41. The molecule has 0 spiro atoms. The highest BCUT2D eigenvalue weighted by Crippen LogP contribution is 2.19. The number of pyridine rings is 1. The minimum absolute atomic E-state index is 0.245. The van der Waals surface area contributed by atoms with E-state index < -0.39 is 0 Å². The molecule has 0 aliphatic rings. The molecule has 0 saturated heterocycles. The van der Waals surface area contributed by atoms with E-state index >= 15 is 0 Å². The largest absolute Gasteiger partial charge is 0.304 e. The number of aromatic amines is 1. The molecule has 0 aliphatic carbocycles. The maximum Gasteiger partial charge on any atom is 0.275 e. The van der Waals surface area contributed by atoms with Gasteiger partial charge in [-0.15, -0.1) is 0 Å². The summed E-state index contributed by atoms with van der Waals surface area (Å²) in [7, 11) is 1.73. The Bertz CT molecular complexity index is 774. The van der Waals surface area contributed by atoms with Crippen LogP contribution in [-0.4, -0.2) is 30.9 Å². The zero-order chi connectivity index (χ0) is 14.8. The number of nitrogens with one attached hydrogen (secondary N) is 2. The molecule has 0 atom stereocenters. The molecule has 0 bridgehead atoms. The Morgan fingerprint density at radius 1 is 1.29 bits per heavy atom. The number of rotatable bonds is 3. The van der Waals surface area contributed by atoms with Gasteiger partial charge in [-0.25, -0.2) is 0 Å². The molecule has 3 heterocycles. The van der Waals surface area contributed by atoms with Gasteiger partial charge < -0.3 is 5.32 Å². The standard InChI is InChI=1S/C14H14N6O/c1-9-7-12(20(2)19-9)14(21)16-13-8-11(17-18-13)10-3-5-15-6-4-10/h3-8H,1-2H3,(H2,16,17,18,21). The molecule has 3 aromatic rings. The first-order valence-corrected chi connectivity index (χ1v) is 6.41. The number of aryl methyl sites for hydroxylation is 2. The van der Waals surface area contributed by atoms with Gasteiger partial charge in [0.05, 0.1) is 11.4 Å². The van der Waals surface area contributed by atoms with Crippen molar-refractivity contribution in [2.75, 3.05) is 5.32 Å². The van der Waals surface area contributed by atoms with Gasteiger partial charge in [-0.05, 0) is 25.1 Å². The monoisotopic (exact) mass is 282 g/mol. The highest BCUT2D eigenvalue weighted by atomic mass is 16.2. The molecule has 0 fully saturated rings. The van der Waals surface area contributed by atoms with Crippen molar-refractivity contribution >= 4 is 11.7 Å². The van der Waals surface area contributed by atoms with E-state index in [0.717, 1.165) is 17.0 Å². The van der Waals surface area contributed by atoms with E-state index in [1.54, 1.807) is 36.3 Å². The fourth-order valence-corrected chi connectivity index (χ4v) is 2.07. The Kier molecular flexibility index (Phi) is 3.23. The summed E-state index contributed by atoms with van der Waals surface area (Å²) in [6, 6.07) is 7.23. The van der Waals surface area contributed by atoms with Crippen molar-refractivity contribution in [3.05, 3.63) is 48.0 Å². The first-order chi connectivity index (χ1) is 10.1. The van der Waals surface area contributed by atoms with Gasteiger partial charge in [0.25, 0.3) is 5.91 Å². The van der Waals surface area contributed by atoms with E-state index in [1.807, 2.05) is 19.1 Å². The second-order valence-electron chi connectivity index (χ2n) is 4.65. The summed E-state index contributed by atoms with van der Waals surface area (Å²) in [5, 5.41) is 13.9. The lowest BCUT2D eigenvalue weighted by Gasteiger charge is -2.01. The molecule has 2 N–H and O–H groups in total. The van der Waals surface area contributed by atoms with Crippen LogP contribution in [0, 0.1) is 6.92 Å². The lowest BCUT2D eigenvalue weighted by atomic mass is 10.2. The maximum atomic E-state index is 12.2. The van der Waals surface area contributed by atoms with Crippen LogP contribution in [0.3, 0.4) is 0 Å². The lowest BCUT2D eigenvalue weighted by Crippen LogP contribution is -2.16. The third-order valence-electron chi connectivity index (χ3n) is 3.05. The van der Waals surface area contributed by atoms with Crippen molar-refractivity contribution in [3.63, 3.8) is 0 Å². The normalized spacial score (nSPS) is 10.6. The predicted octanol–water partition coefficient (Wildman–Crippen LogP) is 1.77. The number of amides is 1. The second-order valence-corrected chi connectivity index (χ2v) is 4.65.